The van der Waals surface area contributed by atoms with Crippen LogP contribution in [0.2, 0.25) is 0 Å². The topological polar surface area (TPSA) is 85.7 Å². The Morgan fingerprint density at radius 2 is 1.90 bits per heavy atom. The summed E-state index contributed by atoms with van der Waals surface area (Å²) < 4.78 is 5.48. The summed E-state index contributed by atoms with van der Waals surface area (Å²) in [4.78, 5) is 29.2. The Morgan fingerprint density at radius 3 is 2.53 bits per heavy atom. The monoisotopic (exact) mass is 412 g/mol. The van der Waals surface area contributed by atoms with Crippen molar-refractivity contribution in [1.82, 2.24) is 10.2 Å². The number of hydrogen-bond acceptors (Lipinski definition) is 5. The zero-order chi connectivity index (χ0) is 21.9. The van der Waals surface area contributed by atoms with E-state index in [1.807, 2.05) is 26.8 Å². The van der Waals surface area contributed by atoms with Crippen molar-refractivity contribution in [3.8, 4) is 6.07 Å². The summed E-state index contributed by atoms with van der Waals surface area (Å²) in [5, 5.41) is 12.6. The molecule has 3 rings (SSSR count). The molecule has 1 aromatic rings. The summed E-state index contributed by atoms with van der Waals surface area (Å²) in [5.41, 5.74) is 1.34. The van der Waals surface area contributed by atoms with Gasteiger partial charge in [-0.25, -0.2) is 4.79 Å². The Morgan fingerprint density at radius 1 is 1.20 bits per heavy atom. The van der Waals surface area contributed by atoms with Gasteiger partial charge in [-0.2, -0.15) is 5.26 Å². The smallest absolute Gasteiger partial charge is 0.410 e. The SMILES string of the molecule is C[C@H]1CCN(C(=O)OC(C)(C)C)C[C@@H]1NC(=O)c1ccc(N2CCCC2)c(C#N)c1. The molecule has 2 saturated heterocycles. The first-order valence-corrected chi connectivity index (χ1v) is 10.8. The Hall–Kier alpha value is -2.75. The van der Waals surface area contributed by atoms with Gasteiger partial charge in [0, 0.05) is 37.8 Å². The lowest BCUT2D eigenvalue weighted by Crippen LogP contribution is -2.54. The lowest BCUT2D eigenvalue weighted by Gasteiger charge is -2.38. The van der Waals surface area contributed by atoms with Gasteiger partial charge in [0.25, 0.3) is 5.91 Å². The fraction of sp³-hybridized carbons (Fsp3) is 0.609. The highest BCUT2D eigenvalue weighted by atomic mass is 16.6. The Labute approximate surface area is 179 Å². The third kappa shape index (κ3) is 5.24. The molecule has 2 fully saturated rings. The van der Waals surface area contributed by atoms with Crippen molar-refractivity contribution in [2.45, 2.75) is 58.6 Å². The van der Waals surface area contributed by atoms with Crippen molar-refractivity contribution in [2.75, 3.05) is 31.1 Å². The first-order valence-electron chi connectivity index (χ1n) is 10.8. The fourth-order valence-electron chi connectivity index (χ4n) is 4.00. The van der Waals surface area contributed by atoms with Crippen LogP contribution in [-0.4, -0.2) is 54.7 Å². The van der Waals surface area contributed by atoms with Gasteiger partial charge in [0.1, 0.15) is 11.7 Å². The maximum absolute atomic E-state index is 12.9. The van der Waals surface area contributed by atoms with Crippen LogP contribution in [0.4, 0.5) is 10.5 Å². The number of hydrogen-bond donors (Lipinski definition) is 1. The maximum Gasteiger partial charge on any atom is 0.410 e. The number of carbonyl (C=O) groups excluding carboxylic acids is 2. The summed E-state index contributed by atoms with van der Waals surface area (Å²) in [6.45, 7) is 10.5. The van der Waals surface area contributed by atoms with Gasteiger partial charge in [-0.15, -0.1) is 0 Å². The molecular formula is C23H32N4O3. The second-order valence-corrected chi connectivity index (χ2v) is 9.31. The van der Waals surface area contributed by atoms with Crippen LogP contribution in [0, 0.1) is 17.2 Å². The van der Waals surface area contributed by atoms with Gasteiger partial charge in [0.2, 0.25) is 0 Å². The van der Waals surface area contributed by atoms with Crippen molar-refractivity contribution < 1.29 is 14.3 Å². The average molecular weight is 413 g/mol. The standard InChI is InChI=1S/C23H32N4O3/c1-16-9-12-27(22(29)30-23(2,3)4)15-19(16)25-21(28)17-7-8-20(18(13-17)14-24)26-10-5-6-11-26/h7-8,13,16,19H,5-6,9-12,15H2,1-4H3,(H,25,28)/t16-,19-/m0/s1. The Bertz CT molecular complexity index is 834. The number of anilines is 1. The summed E-state index contributed by atoms with van der Waals surface area (Å²) in [6, 6.07) is 7.39. The predicted molar refractivity (Wildman–Crippen MR) is 115 cm³/mol. The number of piperidine rings is 1. The molecule has 2 amide bonds. The zero-order valence-corrected chi connectivity index (χ0v) is 18.4. The first kappa shape index (κ1) is 21.9. The molecule has 0 aromatic heterocycles. The zero-order valence-electron chi connectivity index (χ0n) is 18.4. The quantitative estimate of drug-likeness (QED) is 0.821. The number of benzene rings is 1. The number of carbonyl (C=O) groups is 2. The number of nitrogens with one attached hydrogen (secondary N) is 1. The molecule has 162 valence electrons. The molecular weight excluding hydrogens is 380 g/mol. The highest BCUT2D eigenvalue weighted by Gasteiger charge is 2.32. The van der Waals surface area contributed by atoms with E-state index in [4.69, 9.17) is 4.74 Å². The number of amides is 2. The third-order valence-electron chi connectivity index (χ3n) is 5.75. The maximum atomic E-state index is 12.9. The van der Waals surface area contributed by atoms with Gasteiger partial charge >= 0.3 is 6.09 Å². The van der Waals surface area contributed by atoms with Gasteiger partial charge in [0.15, 0.2) is 0 Å². The minimum Gasteiger partial charge on any atom is -0.444 e. The van der Waals surface area contributed by atoms with E-state index in [1.54, 1.807) is 17.0 Å². The molecule has 0 aliphatic carbocycles. The molecule has 2 heterocycles. The number of nitriles is 1. The van der Waals surface area contributed by atoms with Crippen LogP contribution in [0.5, 0.6) is 0 Å². The van der Waals surface area contributed by atoms with Gasteiger partial charge in [-0.3, -0.25) is 4.79 Å². The normalized spacial score (nSPS) is 21.8. The predicted octanol–water partition coefficient (Wildman–Crippen LogP) is 3.53. The van der Waals surface area contributed by atoms with E-state index < -0.39 is 5.60 Å². The van der Waals surface area contributed by atoms with Crippen LogP contribution in [0.15, 0.2) is 18.2 Å². The van der Waals surface area contributed by atoms with Crippen LogP contribution in [-0.2, 0) is 4.74 Å². The number of nitrogens with zero attached hydrogens (tertiary/aromatic N) is 3. The summed E-state index contributed by atoms with van der Waals surface area (Å²) in [7, 11) is 0. The van der Waals surface area contributed by atoms with Gasteiger partial charge in [0.05, 0.1) is 11.3 Å². The average Bonchev–Trinajstić information content (AvgIpc) is 3.22. The summed E-state index contributed by atoms with van der Waals surface area (Å²) in [5.74, 6) is 0.0225. The van der Waals surface area contributed by atoms with Crippen LogP contribution >= 0.6 is 0 Å². The van der Waals surface area contributed by atoms with Crippen LogP contribution < -0.4 is 10.2 Å². The van der Waals surface area contributed by atoms with E-state index >= 15 is 0 Å². The number of rotatable bonds is 3. The van der Waals surface area contributed by atoms with Crippen molar-refractivity contribution >= 4 is 17.7 Å². The first-order chi connectivity index (χ1) is 14.2. The van der Waals surface area contributed by atoms with E-state index in [0.717, 1.165) is 38.0 Å². The molecule has 2 aliphatic heterocycles. The minimum absolute atomic E-state index is 0.164. The molecule has 0 radical (unpaired) electrons. The highest BCUT2D eigenvalue weighted by Crippen LogP contribution is 2.26. The Kier molecular flexibility index (Phi) is 6.55. The highest BCUT2D eigenvalue weighted by molar-refractivity contribution is 5.95. The lowest BCUT2D eigenvalue weighted by atomic mass is 9.93. The molecule has 0 unspecified atom stereocenters. The van der Waals surface area contributed by atoms with Gasteiger partial charge in [-0.1, -0.05) is 6.92 Å². The molecule has 30 heavy (non-hydrogen) atoms. The molecule has 0 saturated carbocycles. The van der Waals surface area contributed by atoms with E-state index in [1.165, 1.54) is 0 Å². The van der Waals surface area contributed by atoms with Crippen LogP contribution in [0.1, 0.15) is 62.9 Å². The largest absolute Gasteiger partial charge is 0.444 e. The molecule has 2 atom stereocenters. The van der Waals surface area contributed by atoms with Crippen LogP contribution in [0.25, 0.3) is 0 Å². The molecule has 7 heteroatoms. The molecule has 2 aliphatic rings. The van der Waals surface area contributed by atoms with E-state index in [-0.39, 0.29) is 24.0 Å². The van der Waals surface area contributed by atoms with E-state index in [0.29, 0.717) is 24.2 Å². The molecule has 1 aromatic carbocycles. The fourth-order valence-corrected chi connectivity index (χ4v) is 4.00. The summed E-state index contributed by atoms with van der Waals surface area (Å²) >= 11 is 0. The minimum atomic E-state index is -0.552. The molecule has 0 spiro atoms. The van der Waals surface area contributed by atoms with Gasteiger partial charge < -0.3 is 19.9 Å². The molecule has 1 N–H and O–H groups in total. The second kappa shape index (κ2) is 8.95. The summed E-state index contributed by atoms with van der Waals surface area (Å²) in [6.07, 6.45) is 2.69. The van der Waals surface area contributed by atoms with E-state index in [9.17, 15) is 14.9 Å². The van der Waals surface area contributed by atoms with Crippen molar-refractivity contribution in [3.05, 3.63) is 29.3 Å². The third-order valence-corrected chi connectivity index (χ3v) is 5.75. The number of ether oxygens (including phenoxy) is 1. The van der Waals surface area contributed by atoms with Crippen molar-refractivity contribution in [3.63, 3.8) is 0 Å². The van der Waals surface area contributed by atoms with Crippen LogP contribution in [0.3, 0.4) is 0 Å². The van der Waals surface area contributed by atoms with Gasteiger partial charge in [-0.05, 0) is 64.2 Å². The van der Waals surface area contributed by atoms with E-state index in [2.05, 4.69) is 23.2 Å². The Balaban J connectivity index is 1.68. The van der Waals surface area contributed by atoms with Crippen molar-refractivity contribution in [1.29, 1.82) is 5.26 Å². The number of likely N-dealkylation sites (tertiary alicyclic amines) is 1. The molecule has 7 nitrogen and oxygen atoms in total. The lowest BCUT2D eigenvalue weighted by molar-refractivity contribution is 0.0146. The van der Waals surface area contributed by atoms with Crippen molar-refractivity contribution in [2.24, 2.45) is 5.92 Å². The molecule has 0 bridgehead atoms. The second-order valence-electron chi connectivity index (χ2n) is 9.31.